The first kappa shape index (κ1) is 26.0. The minimum Gasteiger partial charge on any atom is -0.497 e. The van der Waals surface area contributed by atoms with E-state index in [9.17, 15) is 23.1 Å². The van der Waals surface area contributed by atoms with Crippen LogP contribution in [0.15, 0.2) is 42.0 Å². The minimum absolute atomic E-state index is 0.103. The van der Waals surface area contributed by atoms with Gasteiger partial charge in [0.1, 0.15) is 5.75 Å². The van der Waals surface area contributed by atoms with E-state index in [2.05, 4.69) is 18.6 Å². The van der Waals surface area contributed by atoms with Gasteiger partial charge in [0.25, 0.3) is 5.91 Å². The van der Waals surface area contributed by atoms with Gasteiger partial charge in [-0.05, 0) is 79.1 Å². The van der Waals surface area contributed by atoms with Crippen LogP contribution in [-0.2, 0) is 21.4 Å². The maximum atomic E-state index is 13.0. The average molecular weight is 537 g/mol. The van der Waals surface area contributed by atoms with Crippen LogP contribution in [0.2, 0.25) is 0 Å². The van der Waals surface area contributed by atoms with Gasteiger partial charge >= 0.3 is 5.97 Å². The van der Waals surface area contributed by atoms with Crippen molar-refractivity contribution in [2.24, 2.45) is 0 Å². The molecule has 1 unspecified atom stereocenters. The lowest BCUT2D eigenvalue weighted by Gasteiger charge is -2.18. The highest BCUT2D eigenvalue weighted by Gasteiger charge is 2.37. The third-order valence-electron chi connectivity index (χ3n) is 7.55. The Morgan fingerprint density at radius 3 is 2.55 bits per heavy atom. The molecule has 1 fully saturated rings. The first-order chi connectivity index (χ1) is 18.2. The zero-order valence-corrected chi connectivity index (χ0v) is 22.6. The van der Waals surface area contributed by atoms with Crippen molar-refractivity contribution in [3.63, 3.8) is 0 Å². The topological polar surface area (TPSA) is 115 Å². The summed E-state index contributed by atoms with van der Waals surface area (Å²) in [5, 5.41) is 10.5. The second-order valence-corrected chi connectivity index (χ2v) is 12.0. The van der Waals surface area contributed by atoms with Crippen LogP contribution >= 0.6 is 0 Å². The van der Waals surface area contributed by atoms with Crippen LogP contribution in [0.1, 0.15) is 73.4 Å². The van der Waals surface area contributed by atoms with Gasteiger partial charge in [0.2, 0.25) is 10.0 Å². The van der Waals surface area contributed by atoms with Crippen molar-refractivity contribution < 1.29 is 27.9 Å². The highest BCUT2D eigenvalue weighted by atomic mass is 32.2. The SMILES string of the molecule is CCCC(CC)c1c2n(c3cc(C(=O)NS(=O)(=O)C4CC4)ccc13)CC(C(=O)O)=Cc1cc(OC)ccc1-2. The Morgan fingerprint density at radius 2 is 1.92 bits per heavy atom. The molecule has 38 heavy (non-hydrogen) atoms. The summed E-state index contributed by atoms with van der Waals surface area (Å²) in [6.45, 7) is 4.39. The van der Waals surface area contributed by atoms with E-state index in [0.29, 0.717) is 24.1 Å². The molecule has 8 nitrogen and oxygen atoms in total. The van der Waals surface area contributed by atoms with E-state index in [1.807, 2.05) is 28.8 Å². The van der Waals surface area contributed by atoms with Gasteiger partial charge in [-0.1, -0.05) is 26.3 Å². The number of nitrogens with one attached hydrogen (secondary N) is 1. The fourth-order valence-corrected chi connectivity index (χ4v) is 6.77. The van der Waals surface area contributed by atoms with Crippen molar-refractivity contribution >= 4 is 38.9 Å². The number of carboxylic acid groups (broad SMARTS) is 1. The van der Waals surface area contributed by atoms with Crippen LogP contribution < -0.4 is 9.46 Å². The first-order valence-electron chi connectivity index (χ1n) is 13.0. The number of rotatable bonds is 9. The molecule has 0 spiro atoms. The molecule has 2 aromatic carbocycles. The number of nitrogens with zero attached hydrogens (tertiary/aromatic N) is 1. The van der Waals surface area contributed by atoms with Crippen molar-refractivity contribution in [3.05, 3.63) is 58.7 Å². The lowest BCUT2D eigenvalue weighted by molar-refractivity contribution is -0.132. The van der Waals surface area contributed by atoms with Gasteiger partial charge in [0.15, 0.2) is 0 Å². The Kier molecular flexibility index (Phi) is 6.81. The normalized spacial score (nSPS) is 15.7. The Labute approximate surface area is 222 Å². The molecule has 5 rings (SSSR count). The van der Waals surface area contributed by atoms with E-state index in [1.165, 1.54) is 0 Å². The number of carbonyl (C=O) groups is 2. The van der Waals surface area contributed by atoms with E-state index in [1.54, 1.807) is 25.3 Å². The molecule has 200 valence electrons. The van der Waals surface area contributed by atoms with Crippen molar-refractivity contribution in [3.8, 4) is 17.0 Å². The number of fused-ring (bicyclic) bond motifs is 5. The van der Waals surface area contributed by atoms with Crippen LogP contribution in [0.3, 0.4) is 0 Å². The Hall–Kier alpha value is -3.59. The number of carboxylic acids is 1. The van der Waals surface area contributed by atoms with Gasteiger partial charge in [-0.15, -0.1) is 0 Å². The van der Waals surface area contributed by atoms with Crippen molar-refractivity contribution in [2.75, 3.05) is 7.11 Å². The van der Waals surface area contributed by atoms with Gasteiger partial charge < -0.3 is 14.4 Å². The highest BCUT2D eigenvalue weighted by molar-refractivity contribution is 7.91. The summed E-state index contributed by atoms with van der Waals surface area (Å²) < 4.78 is 34.4. The number of aliphatic carboxylic acids is 1. The molecule has 0 bridgehead atoms. The first-order valence-corrected chi connectivity index (χ1v) is 14.6. The fourth-order valence-electron chi connectivity index (χ4n) is 5.47. The number of amides is 1. The molecular weight excluding hydrogens is 504 g/mol. The molecule has 1 aliphatic carbocycles. The Balaban J connectivity index is 1.76. The monoisotopic (exact) mass is 536 g/mol. The predicted octanol–water partition coefficient (Wildman–Crippen LogP) is 5.31. The summed E-state index contributed by atoms with van der Waals surface area (Å²) in [4.78, 5) is 25.3. The zero-order chi connectivity index (χ0) is 27.2. The standard InChI is InChI=1S/C29H32N2O6S/c1-4-6-17(5-2)26-24-11-7-18(28(32)30-38(35,36)22-9-10-22)15-25(24)31-16-20(29(33)34)13-19-14-21(37-3)8-12-23(19)27(26)31/h7-8,11-15,17,22H,4-6,9-10,16H2,1-3H3,(H,30,32)(H,33,34). The minimum atomic E-state index is -3.70. The number of methoxy groups -OCH3 is 1. The smallest absolute Gasteiger partial charge is 0.333 e. The Bertz CT molecular complexity index is 1580. The van der Waals surface area contributed by atoms with E-state index >= 15 is 0 Å². The summed E-state index contributed by atoms with van der Waals surface area (Å²) in [5.74, 6) is -0.855. The number of carbonyl (C=O) groups excluding carboxylic acids is 1. The Morgan fingerprint density at radius 1 is 1.16 bits per heavy atom. The molecule has 1 aromatic heterocycles. The molecule has 2 N–H and O–H groups in total. The third-order valence-corrected chi connectivity index (χ3v) is 9.37. The number of benzene rings is 2. The van der Waals surface area contributed by atoms with E-state index < -0.39 is 27.1 Å². The largest absolute Gasteiger partial charge is 0.497 e. The molecule has 1 amide bonds. The van der Waals surface area contributed by atoms with Crippen molar-refractivity contribution in [1.29, 1.82) is 0 Å². The molecule has 1 aliphatic heterocycles. The maximum absolute atomic E-state index is 13.0. The second-order valence-electron chi connectivity index (χ2n) is 10.1. The molecule has 9 heteroatoms. The van der Waals surface area contributed by atoms with Crippen LogP contribution in [0.4, 0.5) is 0 Å². The van der Waals surface area contributed by atoms with E-state index in [-0.39, 0.29) is 23.6 Å². The van der Waals surface area contributed by atoms with Gasteiger partial charge in [-0.25, -0.2) is 17.9 Å². The maximum Gasteiger partial charge on any atom is 0.333 e. The van der Waals surface area contributed by atoms with Crippen molar-refractivity contribution in [1.82, 2.24) is 9.29 Å². The summed E-state index contributed by atoms with van der Waals surface area (Å²) in [7, 11) is -2.13. The van der Waals surface area contributed by atoms with Gasteiger partial charge in [-0.2, -0.15) is 0 Å². The average Bonchev–Trinajstić information content (AvgIpc) is 3.72. The fraction of sp³-hybridized carbons (Fsp3) is 0.379. The van der Waals surface area contributed by atoms with Gasteiger partial charge in [0.05, 0.1) is 30.2 Å². The molecule has 3 aromatic rings. The highest BCUT2D eigenvalue weighted by Crippen LogP contribution is 2.45. The van der Waals surface area contributed by atoms with Crippen LogP contribution in [0, 0.1) is 0 Å². The number of aromatic nitrogens is 1. The summed E-state index contributed by atoms with van der Waals surface area (Å²) in [6, 6.07) is 10.9. The predicted molar refractivity (Wildman–Crippen MR) is 147 cm³/mol. The zero-order valence-electron chi connectivity index (χ0n) is 21.8. The molecule has 1 saturated carbocycles. The number of hydrogen-bond donors (Lipinski definition) is 2. The van der Waals surface area contributed by atoms with Crippen molar-refractivity contribution in [2.45, 2.75) is 63.7 Å². The summed E-state index contributed by atoms with van der Waals surface area (Å²) in [5.41, 5.74) is 4.82. The molecule has 2 heterocycles. The molecule has 0 radical (unpaired) electrons. The third kappa shape index (κ3) is 4.60. The number of ether oxygens (including phenoxy) is 1. The molecule has 2 aliphatic rings. The van der Waals surface area contributed by atoms with Gasteiger partial charge in [0, 0.05) is 22.0 Å². The molecule has 0 saturated heterocycles. The summed E-state index contributed by atoms with van der Waals surface area (Å²) in [6.07, 6.45) is 5.63. The molecule has 1 atom stereocenters. The number of sulfonamides is 1. The lowest BCUT2D eigenvalue weighted by Crippen LogP contribution is -2.33. The lowest BCUT2D eigenvalue weighted by atomic mass is 9.87. The quantitative estimate of drug-likeness (QED) is 0.383. The van der Waals surface area contributed by atoms with E-state index in [0.717, 1.165) is 47.0 Å². The number of hydrogen-bond acceptors (Lipinski definition) is 5. The molecular formula is C29H32N2O6S. The van der Waals surface area contributed by atoms with Crippen LogP contribution in [-0.4, -0.2) is 42.3 Å². The van der Waals surface area contributed by atoms with Crippen LogP contribution in [0.5, 0.6) is 5.75 Å². The second kappa shape index (κ2) is 9.94. The summed E-state index contributed by atoms with van der Waals surface area (Å²) >= 11 is 0. The van der Waals surface area contributed by atoms with Crippen LogP contribution in [0.25, 0.3) is 28.2 Å². The van der Waals surface area contributed by atoms with E-state index in [4.69, 9.17) is 4.74 Å². The van der Waals surface area contributed by atoms with Gasteiger partial charge in [-0.3, -0.25) is 4.79 Å².